The largest absolute Gasteiger partial charge is 0.481 e. The summed E-state index contributed by atoms with van der Waals surface area (Å²) in [6.07, 6.45) is 7.20. The number of ether oxygens (including phenoxy) is 1. The molecule has 4 heteroatoms. The Balaban J connectivity index is 1.65. The summed E-state index contributed by atoms with van der Waals surface area (Å²) in [6.45, 7) is 3.21. The summed E-state index contributed by atoms with van der Waals surface area (Å²) in [7, 11) is 3.89. The lowest BCUT2D eigenvalue weighted by Gasteiger charge is -2.32. The smallest absolute Gasteiger partial charge is 0.212 e. The summed E-state index contributed by atoms with van der Waals surface area (Å²) in [5.74, 6) is 0.674. The maximum atomic E-state index is 5.05. The Bertz CT molecular complexity index is 366. The van der Waals surface area contributed by atoms with Crippen molar-refractivity contribution in [2.75, 3.05) is 27.2 Å². The van der Waals surface area contributed by atoms with Crippen LogP contribution in [0.2, 0.25) is 0 Å². The molecule has 1 fully saturated rings. The third-order valence-electron chi connectivity index (χ3n) is 3.91. The number of pyridine rings is 1. The van der Waals surface area contributed by atoms with Gasteiger partial charge < -0.3 is 15.0 Å². The molecule has 2 rings (SSSR count). The zero-order chi connectivity index (χ0) is 13.5. The highest BCUT2D eigenvalue weighted by Gasteiger charge is 2.17. The quantitative estimate of drug-likeness (QED) is 0.797. The third kappa shape index (κ3) is 4.48. The Hall–Kier alpha value is -1.13. The van der Waals surface area contributed by atoms with Crippen molar-refractivity contribution in [2.45, 2.75) is 38.3 Å². The van der Waals surface area contributed by atoms with Crippen LogP contribution in [0.25, 0.3) is 0 Å². The molecule has 1 atom stereocenters. The Morgan fingerprint density at radius 3 is 3.00 bits per heavy atom. The normalized spacial score (nSPS) is 20.4. The fraction of sp³-hybridized carbons (Fsp3) is 0.667. The molecule has 1 aromatic rings. The number of nitrogens with zero attached hydrogens (tertiary/aromatic N) is 2. The molecule has 1 aromatic heterocycles. The topological polar surface area (TPSA) is 37.4 Å². The second kappa shape index (κ2) is 7.46. The van der Waals surface area contributed by atoms with Gasteiger partial charge in [0.15, 0.2) is 0 Å². The van der Waals surface area contributed by atoms with Crippen LogP contribution in [0.15, 0.2) is 18.3 Å². The summed E-state index contributed by atoms with van der Waals surface area (Å²) in [5, 5.41) is 3.50. The van der Waals surface area contributed by atoms with Crippen molar-refractivity contribution < 1.29 is 4.74 Å². The number of hydrogen-bond acceptors (Lipinski definition) is 4. The van der Waals surface area contributed by atoms with Crippen LogP contribution < -0.4 is 10.1 Å². The fourth-order valence-corrected chi connectivity index (χ4v) is 2.65. The van der Waals surface area contributed by atoms with Crippen LogP contribution in [0.5, 0.6) is 5.88 Å². The lowest BCUT2D eigenvalue weighted by molar-refractivity contribution is 0.175. The first-order valence-electron chi connectivity index (χ1n) is 7.19. The van der Waals surface area contributed by atoms with Gasteiger partial charge in [0.25, 0.3) is 0 Å². The SMILES string of the molecule is COc1ccc(CNCCC2CCCCN2C)cn1. The monoisotopic (exact) mass is 263 g/mol. The lowest BCUT2D eigenvalue weighted by Crippen LogP contribution is -2.38. The second-order valence-electron chi connectivity index (χ2n) is 5.30. The Labute approximate surface area is 116 Å². The zero-order valence-corrected chi connectivity index (χ0v) is 12.1. The van der Waals surface area contributed by atoms with E-state index in [9.17, 15) is 0 Å². The van der Waals surface area contributed by atoms with Gasteiger partial charge in [0.2, 0.25) is 5.88 Å². The summed E-state index contributed by atoms with van der Waals surface area (Å²) >= 11 is 0. The summed E-state index contributed by atoms with van der Waals surface area (Å²) in [5.41, 5.74) is 1.21. The number of nitrogens with one attached hydrogen (secondary N) is 1. The average molecular weight is 263 g/mol. The molecule has 1 saturated heterocycles. The van der Waals surface area contributed by atoms with Crippen molar-refractivity contribution in [1.82, 2.24) is 15.2 Å². The zero-order valence-electron chi connectivity index (χ0n) is 12.1. The predicted molar refractivity (Wildman–Crippen MR) is 77.4 cm³/mol. The van der Waals surface area contributed by atoms with Crippen LogP contribution in [-0.4, -0.2) is 43.2 Å². The van der Waals surface area contributed by atoms with Gasteiger partial charge in [0.1, 0.15) is 0 Å². The van der Waals surface area contributed by atoms with Gasteiger partial charge in [-0.3, -0.25) is 0 Å². The first-order valence-corrected chi connectivity index (χ1v) is 7.19. The van der Waals surface area contributed by atoms with E-state index in [4.69, 9.17) is 4.74 Å². The third-order valence-corrected chi connectivity index (χ3v) is 3.91. The highest BCUT2D eigenvalue weighted by atomic mass is 16.5. The number of aromatic nitrogens is 1. The van der Waals surface area contributed by atoms with Crippen LogP contribution in [0.4, 0.5) is 0 Å². The van der Waals surface area contributed by atoms with Gasteiger partial charge in [-0.2, -0.15) is 0 Å². The molecule has 0 aromatic carbocycles. The molecule has 106 valence electrons. The van der Waals surface area contributed by atoms with E-state index in [0.29, 0.717) is 5.88 Å². The molecule has 4 nitrogen and oxygen atoms in total. The van der Waals surface area contributed by atoms with Gasteiger partial charge >= 0.3 is 0 Å². The van der Waals surface area contributed by atoms with E-state index in [1.807, 2.05) is 12.3 Å². The Morgan fingerprint density at radius 1 is 1.42 bits per heavy atom. The molecule has 19 heavy (non-hydrogen) atoms. The van der Waals surface area contributed by atoms with Crippen molar-refractivity contribution in [3.8, 4) is 5.88 Å². The molecule has 0 spiro atoms. The second-order valence-corrected chi connectivity index (χ2v) is 5.30. The van der Waals surface area contributed by atoms with E-state index in [0.717, 1.165) is 19.1 Å². The van der Waals surface area contributed by atoms with E-state index in [-0.39, 0.29) is 0 Å². The van der Waals surface area contributed by atoms with E-state index in [2.05, 4.69) is 28.3 Å². The minimum Gasteiger partial charge on any atom is -0.481 e. The first kappa shape index (κ1) is 14.3. The lowest BCUT2D eigenvalue weighted by atomic mass is 10.0. The molecular weight excluding hydrogens is 238 g/mol. The molecule has 0 radical (unpaired) electrons. The molecule has 1 aliphatic heterocycles. The Morgan fingerprint density at radius 2 is 2.32 bits per heavy atom. The summed E-state index contributed by atoms with van der Waals surface area (Å²) in [6, 6.07) is 4.73. The molecule has 0 aliphatic carbocycles. The van der Waals surface area contributed by atoms with Gasteiger partial charge in [0, 0.05) is 24.8 Å². The highest BCUT2D eigenvalue weighted by molar-refractivity contribution is 5.17. The van der Waals surface area contributed by atoms with Crippen LogP contribution >= 0.6 is 0 Å². The fourth-order valence-electron chi connectivity index (χ4n) is 2.65. The van der Waals surface area contributed by atoms with Crippen LogP contribution in [0.1, 0.15) is 31.2 Å². The minimum atomic E-state index is 0.674. The van der Waals surface area contributed by atoms with Gasteiger partial charge in [0.05, 0.1) is 7.11 Å². The number of likely N-dealkylation sites (tertiary alicyclic amines) is 1. The molecule has 0 amide bonds. The average Bonchev–Trinajstić information content (AvgIpc) is 2.46. The molecule has 1 unspecified atom stereocenters. The predicted octanol–water partition coefficient (Wildman–Crippen LogP) is 2.05. The molecule has 2 heterocycles. The van der Waals surface area contributed by atoms with Crippen molar-refractivity contribution in [3.05, 3.63) is 23.9 Å². The first-order chi connectivity index (χ1) is 9.29. The van der Waals surface area contributed by atoms with Crippen LogP contribution in [-0.2, 0) is 6.54 Å². The summed E-state index contributed by atoms with van der Waals surface area (Å²) < 4.78 is 5.05. The maximum Gasteiger partial charge on any atom is 0.212 e. The van der Waals surface area contributed by atoms with Crippen molar-refractivity contribution >= 4 is 0 Å². The number of piperidine rings is 1. The number of methoxy groups -OCH3 is 1. The van der Waals surface area contributed by atoms with Crippen molar-refractivity contribution in [3.63, 3.8) is 0 Å². The molecular formula is C15H25N3O. The number of rotatable bonds is 6. The molecule has 1 aliphatic rings. The van der Waals surface area contributed by atoms with E-state index >= 15 is 0 Å². The van der Waals surface area contributed by atoms with Gasteiger partial charge in [-0.1, -0.05) is 12.5 Å². The van der Waals surface area contributed by atoms with E-state index < -0.39 is 0 Å². The van der Waals surface area contributed by atoms with Gasteiger partial charge in [-0.15, -0.1) is 0 Å². The van der Waals surface area contributed by atoms with E-state index in [1.54, 1.807) is 7.11 Å². The molecule has 0 bridgehead atoms. The highest BCUT2D eigenvalue weighted by Crippen LogP contribution is 2.17. The van der Waals surface area contributed by atoms with E-state index in [1.165, 1.54) is 37.8 Å². The van der Waals surface area contributed by atoms with Crippen LogP contribution in [0, 0.1) is 0 Å². The van der Waals surface area contributed by atoms with Crippen molar-refractivity contribution in [2.24, 2.45) is 0 Å². The number of hydrogen-bond donors (Lipinski definition) is 1. The van der Waals surface area contributed by atoms with Crippen LogP contribution in [0.3, 0.4) is 0 Å². The summed E-state index contributed by atoms with van der Waals surface area (Å²) in [4.78, 5) is 6.71. The van der Waals surface area contributed by atoms with Gasteiger partial charge in [-0.05, 0) is 45.0 Å². The molecule has 0 saturated carbocycles. The molecule has 1 N–H and O–H groups in total. The Kier molecular flexibility index (Phi) is 5.61. The maximum absolute atomic E-state index is 5.05. The van der Waals surface area contributed by atoms with Gasteiger partial charge in [-0.25, -0.2) is 4.98 Å². The minimum absolute atomic E-state index is 0.674. The van der Waals surface area contributed by atoms with Crippen molar-refractivity contribution in [1.29, 1.82) is 0 Å². The standard InChI is InChI=1S/C15H25N3O/c1-18-10-4-3-5-14(18)8-9-16-11-13-6-7-15(19-2)17-12-13/h6-7,12,14,16H,3-5,8-11H2,1-2H3.